The summed E-state index contributed by atoms with van der Waals surface area (Å²) in [7, 11) is 1.54. The maximum absolute atomic E-state index is 13.2. The van der Waals surface area contributed by atoms with Crippen LogP contribution in [0.1, 0.15) is 25.0 Å². The van der Waals surface area contributed by atoms with Crippen molar-refractivity contribution < 1.29 is 14.3 Å². The van der Waals surface area contributed by atoms with Crippen LogP contribution in [0, 0.1) is 12.8 Å². The van der Waals surface area contributed by atoms with Gasteiger partial charge in [0, 0.05) is 22.8 Å². The Bertz CT molecular complexity index is 966. The number of ether oxygens (including phenoxy) is 1. The summed E-state index contributed by atoms with van der Waals surface area (Å²) in [4.78, 5) is 27.6. The average Bonchev–Trinajstić information content (AvgIpc) is 2.88. The van der Waals surface area contributed by atoms with E-state index in [1.807, 2.05) is 45.0 Å². The molecule has 0 fully saturated rings. The minimum Gasteiger partial charge on any atom is -0.496 e. The molecule has 0 spiro atoms. The summed E-state index contributed by atoms with van der Waals surface area (Å²) >= 11 is 6.22. The van der Waals surface area contributed by atoms with Crippen LogP contribution in [0.3, 0.4) is 0 Å². The maximum atomic E-state index is 13.2. The van der Waals surface area contributed by atoms with Crippen molar-refractivity contribution in [3.8, 4) is 5.75 Å². The molecule has 2 aromatic rings. The molecule has 28 heavy (non-hydrogen) atoms. The van der Waals surface area contributed by atoms with E-state index in [2.05, 4.69) is 5.32 Å². The van der Waals surface area contributed by atoms with E-state index < -0.39 is 0 Å². The normalized spacial score (nSPS) is 14.3. The van der Waals surface area contributed by atoms with E-state index in [1.165, 1.54) is 4.90 Å². The van der Waals surface area contributed by atoms with E-state index in [4.69, 9.17) is 16.3 Å². The van der Waals surface area contributed by atoms with Gasteiger partial charge in [-0.15, -0.1) is 0 Å². The Kier molecular flexibility index (Phi) is 5.75. The van der Waals surface area contributed by atoms with Crippen LogP contribution in [-0.2, 0) is 9.59 Å². The molecule has 0 aliphatic carbocycles. The molecule has 5 nitrogen and oxygen atoms in total. The number of anilines is 1. The van der Waals surface area contributed by atoms with Gasteiger partial charge in [-0.25, -0.2) is 0 Å². The number of para-hydroxylation sites is 1. The Balaban J connectivity index is 2.12. The number of carbonyl (C=O) groups excluding carboxylic acids is 2. The molecule has 1 N–H and O–H groups in total. The lowest BCUT2D eigenvalue weighted by molar-refractivity contribution is -0.137. The number of hydrogen-bond donors (Lipinski definition) is 1. The molecule has 0 radical (unpaired) electrons. The van der Waals surface area contributed by atoms with Gasteiger partial charge in [0.2, 0.25) is 0 Å². The Labute approximate surface area is 169 Å². The molecule has 0 atom stereocenters. The molecule has 2 amide bonds. The van der Waals surface area contributed by atoms with Crippen LogP contribution in [0.25, 0.3) is 5.57 Å². The zero-order valence-corrected chi connectivity index (χ0v) is 17.1. The van der Waals surface area contributed by atoms with Crippen molar-refractivity contribution in [3.63, 3.8) is 0 Å². The highest BCUT2D eigenvalue weighted by Crippen LogP contribution is 2.35. The van der Waals surface area contributed by atoms with Gasteiger partial charge in [0.05, 0.1) is 12.7 Å². The number of imide groups is 1. The van der Waals surface area contributed by atoms with Crippen LogP contribution >= 0.6 is 11.6 Å². The highest BCUT2D eigenvalue weighted by atomic mass is 35.5. The first-order valence-corrected chi connectivity index (χ1v) is 9.48. The zero-order valence-electron chi connectivity index (χ0n) is 16.4. The number of nitrogens with one attached hydrogen (secondary N) is 1. The fourth-order valence-corrected chi connectivity index (χ4v) is 3.32. The molecule has 1 aliphatic heterocycles. The molecule has 0 aromatic heterocycles. The highest BCUT2D eigenvalue weighted by Gasteiger charge is 2.40. The standard InChI is InChI=1S/C22H23ClN2O3/c1-13(2)12-25-21(26)19(16-7-5-6-8-18(16)28-4)20(22(25)27)24-15-10-9-14(3)17(23)11-15/h5-11,13,24H,12H2,1-4H3. The van der Waals surface area contributed by atoms with E-state index in [-0.39, 0.29) is 23.4 Å². The Morgan fingerprint density at radius 2 is 1.82 bits per heavy atom. The summed E-state index contributed by atoms with van der Waals surface area (Å²) in [5, 5.41) is 3.70. The first kappa shape index (κ1) is 20.0. The quantitative estimate of drug-likeness (QED) is 0.727. The summed E-state index contributed by atoms with van der Waals surface area (Å²) in [5.74, 6) is 0.00601. The summed E-state index contributed by atoms with van der Waals surface area (Å²) in [5.41, 5.74) is 2.69. The van der Waals surface area contributed by atoms with Crippen LogP contribution < -0.4 is 10.1 Å². The predicted octanol–water partition coefficient (Wildman–Crippen LogP) is 4.51. The van der Waals surface area contributed by atoms with Crippen molar-refractivity contribution >= 4 is 34.7 Å². The van der Waals surface area contributed by atoms with Gasteiger partial charge < -0.3 is 10.1 Å². The van der Waals surface area contributed by atoms with E-state index in [0.717, 1.165) is 5.56 Å². The third kappa shape index (κ3) is 3.76. The van der Waals surface area contributed by atoms with Crippen molar-refractivity contribution in [2.75, 3.05) is 19.0 Å². The summed E-state index contributed by atoms with van der Waals surface area (Å²) in [6.07, 6.45) is 0. The topological polar surface area (TPSA) is 58.6 Å². The lowest BCUT2D eigenvalue weighted by atomic mass is 10.0. The maximum Gasteiger partial charge on any atom is 0.278 e. The molecule has 6 heteroatoms. The third-order valence-corrected chi connectivity index (χ3v) is 4.94. The third-order valence-electron chi connectivity index (χ3n) is 4.53. The minimum absolute atomic E-state index is 0.153. The van der Waals surface area contributed by atoms with Gasteiger partial charge in [-0.05, 0) is 36.6 Å². The molecule has 3 rings (SSSR count). The van der Waals surface area contributed by atoms with Crippen LogP contribution in [0.5, 0.6) is 5.75 Å². The average molecular weight is 399 g/mol. The van der Waals surface area contributed by atoms with Gasteiger partial charge in [0.15, 0.2) is 0 Å². The summed E-state index contributed by atoms with van der Waals surface area (Å²) in [6, 6.07) is 12.6. The molecule has 0 unspecified atom stereocenters. The van der Waals surface area contributed by atoms with Crippen LogP contribution in [0.15, 0.2) is 48.2 Å². The van der Waals surface area contributed by atoms with Crippen molar-refractivity contribution in [1.82, 2.24) is 4.90 Å². The number of halogens is 1. The van der Waals surface area contributed by atoms with Crippen LogP contribution in [0.4, 0.5) is 5.69 Å². The number of rotatable bonds is 6. The smallest absolute Gasteiger partial charge is 0.278 e. The molecule has 1 aliphatic rings. The monoisotopic (exact) mass is 398 g/mol. The molecular formula is C22H23ClN2O3. The Morgan fingerprint density at radius 3 is 2.46 bits per heavy atom. The number of amides is 2. The van der Waals surface area contributed by atoms with Gasteiger partial charge in [-0.2, -0.15) is 0 Å². The Hall–Kier alpha value is -2.79. The molecule has 0 bridgehead atoms. The highest BCUT2D eigenvalue weighted by molar-refractivity contribution is 6.37. The predicted molar refractivity (Wildman–Crippen MR) is 111 cm³/mol. The second-order valence-electron chi connectivity index (χ2n) is 7.15. The number of carbonyl (C=O) groups is 2. The van der Waals surface area contributed by atoms with Gasteiger partial charge in [-0.1, -0.05) is 49.7 Å². The number of methoxy groups -OCH3 is 1. The fourth-order valence-electron chi connectivity index (χ4n) is 3.14. The van der Waals surface area contributed by atoms with Crippen molar-refractivity contribution in [3.05, 3.63) is 64.3 Å². The minimum atomic E-state index is -0.351. The van der Waals surface area contributed by atoms with Gasteiger partial charge in [-0.3, -0.25) is 14.5 Å². The summed E-state index contributed by atoms with van der Waals surface area (Å²) < 4.78 is 5.43. The van der Waals surface area contributed by atoms with Crippen molar-refractivity contribution in [1.29, 1.82) is 0 Å². The molecule has 0 saturated heterocycles. The summed E-state index contributed by atoms with van der Waals surface area (Å²) in [6.45, 7) is 6.18. The largest absolute Gasteiger partial charge is 0.496 e. The van der Waals surface area contributed by atoms with E-state index >= 15 is 0 Å². The van der Waals surface area contributed by atoms with E-state index in [0.29, 0.717) is 34.1 Å². The molecule has 1 heterocycles. The first-order valence-electron chi connectivity index (χ1n) is 9.10. The van der Waals surface area contributed by atoms with Gasteiger partial charge >= 0.3 is 0 Å². The van der Waals surface area contributed by atoms with Gasteiger partial charge in [0.25, 0.3) is 11.8 Å². The SMILES string of the molecule is COc1ccccc1C1=C(Nc2ccc(C)c(Cl)c2)C(=O)N(CC(C)C)C1=O. The lowest BCUT2D eigenvalue weighted by Gasteiger charge is -2.17. The molecule has 0 saturated carbocycles. The van der Waals surface area contributed by atoms with Crippen molar-refractivity contribution in [2.24, 2.45) is 5.92 Å². The second kappa shape index (κ2) is 8.07. The second-order valence-corrected chi connectivity index (χ2v) is 7.56. The molecular weight excluding hydrogens is 376 g/mol. The van der Waals surface area contributed by atoms with E-state index in [1.54, 1.807) is 25.3 Å². The number of benzene rings is 2. The lowest BCUT2D eigenvalue weighted by Crippen LogP contribution is -2.35. The Morgan fingerprint density at radius 1 is 1.11 bits per heavy atom. The number of hydrogen-bond acceptors (Lipinski definition) is 4. The molecule has 2 aromatic carbocycles. The number of nitrogens with zero attached hydrogens (tertiary/aromatic N) is 1. The molecule has 146 valence electrons. The first-order chi connectivity index (χ1) is 13.3. The zero-order chi connectivity index (χ0) is 20.4. The number of aryl methyl sites for hydroxylation is 1. The van der Waals surface area contributed by atoms with E-state index in [9.17, 15) is 9.59 Å². The van der Waals surface area contributed by atoms with Gasteiger partial charge in [0.1, 0.15) is 11.4 Å². The van der Waals surface area contributed by atoms with Crippen LogP contribution in [-0.4, -0.2) is 30.4 Å². The van der Waals surface area contributed by atoms with Crippen LogP contribution in [0.2, 0.25) is 5.02 Å². The van der Waals surface area contributed by atoms with Crippen molar-refractivity contribution in [2.45, 2.75) is 20.8 Å². The fraction of sp³-hybridized carbons (Fsp3) is 0.273.